The first-order valence-electron chi connectivity index (χ1n) is 8.71. The van der Waals surface area contributed by atoms with Gasteiger partial charge in [-0.1, -0.05) is 25.3 Å². The Morgan fingerprint density at radius 1 is 1.22 bits per heavy atom. The highest BCUT2D eigenvalue weighted by Gasteiger charge is 2.35. The van der Waals surface area contributed by atoms with Gasteiger partial charge in [0, 0.05) is 12.7 Å². The van der Waals surface area contributed by atoms with E-state index in [1.165, 1.54) is 32.1 Å². The number of carbonyl (C=O) groups excluding carboxylic acids is 1. The molecule has 1 aromatic heterocycles. The lowest BCUT2D eigenvalue weighted by Crippen LogP contribution is -2.51. The summed E-state index contributed by atoms with van der Waals surface area (Å²) >= 11 is 0. The third kappa shape index (κ3) is 4.09. The zero-order valence-electron chi connectivity index (χ0n) is 13.8. The number of carbonyl (C=O) groups is 1. The molecule has 2 aliphatic rings. The van der Waals surface area contributed by atoms with Crippen LogP contribution in [0.2, 0.25) is 0 Å². The van der Waals surface area contributed by atoms with Gasteiger partial charge in [-0.05, 0) is 37.8 Å². The van der Waals surface area contributed by atoms with Gasteiger partial charge in [0.1, 0.15) is 5.82 Å². The quantitative estimate of drug-likeness (QED) is 0.856. The molecule has 1 saturated carbocycles. The predicted molar refractivity (Wildman–Crippen MR) is 88.3 cm³/mol. The van der Waals surface area contributed by atoms with E-state index in [0.717, 1.165) is 6.54 Å². The van der Waals surface area contributed by atoms with Crippen molar-refractivity contribution in [2.24, 2.45) is 5.92 Å². The fraction of sp³-hybridized carbons (Fsp3) is 0.667. The molecule has 0 aromatic carbocycles. The monoisotopic (exact) mass is 318 g/mol. The van der Waals surface area contributed by atoms with Gasteiger partial charge in [-0.3, -0.25) is 9.69 Å². The molecule has 0 bridgehead atoms. The van der Waals surface area contributed by atoms with E-state index < -0.39 is 6.10 Å². The molecule has 0 N–H and O–H groups in total. The number of pyridine rings is 1. The summed E-state index contributed by atoms with van der Waals surface area (Å²) in [6.45, 7) is 3.65. The first kappa shape index (κ1) is 16.4. The van der Waals surface area contributed by atoms with Gasteiger partial charge in [-0.15, -0.1) is 0 Å². The summed E-state index contributed by atoms with van der Waals surface area (Å²) < 4.78 is 11.3. The van der Waals surface area contributed by atoms with Crippen LogP contribution in [0.1, 0.15) is 39.0 Å². The topological polar surface area (TPSA) is 51.7 Å². The molecular formula is C18H26N2O3. The number of hydrogen-bond acceptors (Lipinski definition) is 4. The number of hydrogen-bond donors (Lipinski definition) is 0. The molecule has 2 heterocycles. The summed E-state index contributed by atoms with van der Waals surface area (Å²) in [4.78, 5) is 19.3. The zero-order valence-corrected chi connectivity index (χ0v) is 13.8. The second-order valence-electron chi connectivity index (χ2n) is 6.51. The van der Waals surface area contributed by atoms with Crippen molar-refractivity contribution in [2.75, 3.05) is 24.7 Å². The number of anilines is 1. The molecule has 1 aliphatic carbocycles. The molecule has 1 saturated heterocycles. The van der Waals surface area contributed by atoms with Crippen LogP contribution in [0.3, 0.4) is 0 Å². The van der Waals surface area contributed by atoms with Crippen LogP contribution in [0.15, 0.2) is 24.4 Å². The molecule has 3 rings (SSSR count). The maximum Gasteiger partial charge on any atom is 0.259 e. The molecule has 2 fully saturated rings. The number of aromatic nitrogens is 1. The van der Waals surface area contributed by atoms with Gasteiger partial charge in [-0.25, -0.2) is 4.98 Å². The minimum atomic E-state index is -0.533. The van der Waals surface area contributed by atoms with E-state index in [1.54, 1.807) is 6.20 Å². The van der Waals surface area contributed by atoms with Crippen molar-refractivity contribution in [3.63, 3.8) is 0 Å². The molecule has 23 heavy (non-hydrogen) atoms. The van der Waals surface area contributed by atoms with E-state index in [9.17, 15) is 4.79 Å². The van der Waals surface area contributed by atoms with E-state index >= 15 is 0 Å². The normalized spacial score (nSPS) is 26.0. The van der Waals surface area contributed by atoms with Crippen LogP contribution in [0.4, 0.5) is 5.82 Å². The highest BCUT2D eigenvalue weighted by atomic mass is 16.6. The minimum Gasteiger partial charge on any atom is -0.373 e. The molecule has 2 atom stereocenters. The molecule has 1 aliphatic heterocycles. The average Bonchev–Trinajstić information content (AvgIpc) is 2.61. The van der Waals surface area contributed by atoms with Gasteiger partial charge < -0.3 is 9.47 Å². The molecule has 126 valence electrons. The fourth-order valence-corrected chi connectivity index (χ4v) is 3.50. The van der Waals surface area contributed by atoms with Crippen molar-refractivity contribution in [3.05, 3.63) is 24.4 Å². The van der Waals surface area contributed by atoms with Crippen LogP contribution in [0, 0.1) is 5.92 Å². The maximum absolute atomic E-state index is 13.1. The Kier molecular flexibility index (Phi) is 5.62. The maximum atomic E-state index is 13.1. The first-order chi connectivity index (χ1) is 11.3. The van der Waals surface area contributed by atoms with Crippen LogP contribution < -0.4 is 4.90 Å². The van der Waals surface area contributed by atoms with E-state index in [0.29, 0.717) is 24.9 Å². The highest BCUT2D eigenvalue weighted by Crippen LogP contribution is 2.27. The Balaban J connectivity index is 1.77. The van der Waals surface area contributed by atoms with Crippen molar-refractivity contribution in [3.8, 4) is 0 Å². The Bertz CT molecular complexity index is 502. The van der Waals surface area contributed by atoms with E-state index in [1.807, 2.05) is 30.0 Å². The standard InChI is InChI=1S/C18H26N2O3/c1-14-17(23-12-11-22-14)18(21)20(16-9-5-6-10-19-16)13-15-7-3-2-4-8-15/h5-6,9-10,14-15,17H,2-4,7-8,11-13H2,1H3/t14-,17-/m0/s1. The minimum absolute atomic E-state index is 0.0264. The Labute approximate surface area is 138 Å². The van der Waals surface area contributed by atoms with E-state index in [-0.39, 0.29) is 12.0 Å². The van der Waals surface area contributed by atoms with Gasteiger partial charge in [0.2, 0.25) is 0 Å². The largest absolute Gasteiger partial charge is 0.373 e. The summed E-state index contributed by atoms with van der Waals surface area (Å²) in [5.74, 6) is 1.24. The molecule has 0 radical (unpaired) electrons. The van der Waals surface area contributed by atoms with Crippen molar-refractivity contribution >= 4 is 11.7 Å². The van der Waals surface area contributed by atoms with Gasteiger partial charge in [0.05, 0.1) is 19.3 Å². The van der Waals surface area contributed by atoms with E-state index in [4.69, 9.17) is 9.47 Å². The van der Waals surface area contributed by atoms with Crippen LogP contribution in [0.5, 0.6) is 0 Å². The van der Waals surface area contributed by atoms with Gasteiger partial charge in [0.15, 0.2) is 6.10 Å². The third-order valence-corrected chi connectivity index (χ3v) is 4.79. The number of nitrogens with zero attached hydrogens (tertiary/aromatic N) is 2. The van der Waals surface area contributed by atoms with Crippen LogP contribution >= 0.6 is 0 Å². The molecule has 1 amide bonds. The number of amides is 1. The lowest BCUT2D eigenvalue weighted by molar-refractivity contribution is -0.159. The van der Waals surface area contributed by atoms with Gasteiger partial charge >= 0.3 is 0 Å². The zero-order chi connectivity index (χ0) is 16.1. The third-order valence-electron chi connectivity index (χ3n) is 4.79. The lowest BCUT2D eigenvalue weighted by Gasteiger charge is -2.35. The summed E-state index contributed by atoms with van der Waals surface area (Å²) in [6, 6.07) is 5.69. The molecule has 5 nitrogen and oxygen atoms in total. The van der Waals surface area contributed by atoms with Crippen molar-refractivity contribution < 1.29 is 14.3 Å². The molecule has 0 spiro atoms. The van der Waals surface area contributed by atoms with Gasteiger partial charge in [-0.2, -0.15) is 0 Å². The van der Waals surface area contributed by atoms with Crippen LogP contribution in [0.25, 0.3) is 0 Å². The lowest BCUT2D eigenvalue weighted by atomic mass is 9.89. The Hall–Kier alpha value is -1.46. The predicted octanol–water partition coefficient (Wildman–Crippen LogP) is 2.80. The SMILES string of the molecule is C[C@@H]1OCCO[C@@H]1C(=O)N(CC1CCCCC1)c1ccccn1. The fourth-order valence-electron chi connectivity index (χ4n) is 3.50. The summed E-state index contributed by atoms with van der Waals surface area (Å²) in [6.07, 6.45) is 7.19. The second kappa shape index (κ2) is 7.88. The summed E-state index contributed by atoms with van der Waals surface area (Å²) in [5, 5.41) is 0. The Morgan fingerprint density at radius 3 is 2.70 bits per heavy atom. The first-order valence-corrected chi connectivity index (χ1v) is 8.71. The summed E-state index contributed by atoms with van der Waals surface area (Å²) in [5.41, 5.74) is 0. The van der Waals surface area contributed by atoms with Crippen LogP contribution in [-0.4, -0.2) is 42.9 Å². The molecule has 0 unspecified atom stereocenters. The molecule has 5 heteroatoms. The Morgan fingerprint density at radius 2 is 2.00 bits per heavy atom. The average molecular weight is 318 g/mol. The molecule has 1 aromatic rings. The van der Waals surface area contributed by atoms with Crippen molar-refractivity contribution in [1.82, 2.24) is 4.98 Å². The van der Waals surface area contributed by atoms with Crippen LogP contribution in [-0.2, 0) is 14.3 Å². The van der Waals surface area contributed by atoms with E-state index in [2.05, 4.69) is 4.98 Å². The number of rotatable bonds is 4. The highest BCUT2D eigenvalue weighted by molar-refractivity contribution is 5.96. The van der Waals surface area contributed by atoms with Crippen molar-refractivity contribution in [2.45, 2.75) is 51.2 Å². The van der Waals surface area contributed by atoms with Crippen molar-refractivity contribution in [1.29, 1.82) is 0 Å². The smallest absolute Gasteiger partial charge is 0.259 e. The summed E-state index contributed by atoms with van der Waals surface area (Å²) in [7, 11) is 0. The second-order valence-corrected chi connectivity index (χ2v) is 6.51. The molecular weight excluding hydrogens is 292 g/mol. The van der Waals surface area contributed by atoms with Gasteiger partial charge in [0.25, 0.3) is 5.91 Å². The number of ether oxygens (including phenoxy) is 2.